The van der Waals surface area contributed by atoms with Crippen molar-refractivity contribution in [3.8, 4) is 0 Å². The fourth-order valence-electron chi connectivity index (χ4n) is 1.61. The molecule has 0 fully saturated rings. The van der Waals surface area contributed by atoms with Gasteiger partial charge in [0.25, 0.3) is 5.69 Å². The van der Waals surface area contributed by atoms with Crippen molar-refractivity contribution in [3.63, 3.8) is 0 Å². The van der Waals surface area contributed by atoms with Gasteiger partial charge in [-0.2, -0.15) is 0 Å². The highest BCUT2D eigenvalue weighted by atomic mass is 16.6. The molecule has 0 heterocycles. The summed E-state index contributed by atoms with van der Waals surface area (Å²) in [6.07, 6.45) is 0.825. The summed E-state index contributed by atoms with van der Waals surface area (Å²) in [5.41, 5.74) is 1.42. The largest absolute Gasteiger partial charge is 0.385 e. The first-order valence-corrected chi connectivity index (χ1v) is 5.90. The summed E-state index contributed by atoms with van der Waals surface area (Å²) in [5.74, 6) is 0. The van der Waals surface area contributed by atoms with Crippen molar-refractivity contribution in [2.75, 3.05) is 19.0 Å². The molecule has 0 saturated heterocycles. The Hall–Kier alpha value is -1.62. The highest BCUT2D eigenvalue weighted by molar-refractivity contribution is 5.59. The van der Waals surface area contributed by atoms with Crippen molar-refractivity contribution >= 4 is 11.4 Å². The van der Waals surface area contributed by atoms with E-state index in [2.05, 4.69) is 5.32 Å². The van der Waals surface area contributed by atoms with Crippen LogP contribution in [-0.2, 0) is 4.74 Å². The van der Waals surface area contributed by atoms with Crippen LogP contribution in [0.15, 0.2) is 18.2 Å². The Morgan fingerprint density at radius 3 is 2.67 bits per heavy atom. The van der Waals surface area contributed by atoms with Gasteiger partial charge in [0.1, 0.15) is 0 Å². The fourth-order valence-corrected chi connectivity index (χ4v) is 1.61. The van der Waals surface area contributed by atoms with Crippen LogP contribution in [0, 0.1) is 17.0 Å². The van der Waals surface area contributed by atoms with Crippen LogP contribution in [0.3, 0.4) is 0 Å². The molecule has 0 bridgehead atoms. The van der Waals surface area contributed by atoms with Gasteiger partial charge in [-0.1, -0.05) is 6.07 Å². The Balaban J connectivity index is 2.69. The van der Waals surface area contributed by atoms with E-state index in [0.717, 1.165) is 12.1 Å². The molecule has 100 valence electrons. The second-order valence-electron chi connectivity index (χ2n) is 4.85. The number of ether oxygens (including phenoxy) is 1. The molecule has 1 aromatic carbocycles. The van der Waals surface area contributed by atoms with Crippen molar-refractivity contribution in [1.82, 2.24) is 0 Å². The van der Waals surface area contributed by atoms with Crippen LogP contribution < -0.4 is 5.32 Å². The standard InChI is InChI=1S/C13H20N2O3/c1-10-11(6-5-7-12(10)15(16)17)14-9-8-13(2,3)18-4/h5-7,14H,8-9H2,1-4H3. The van der Waals surface area contributed by atoms with Crippen LogP contribution in [0.1, 0.15) is 25.8 Å². The molecule has 0 amide bonds. The number of methoxy groups -OCH3 is 1. The van der Waals surface area contributed by atoms with Gasteiger partial charge >= 0.3 is 0 Å². The van der Waals surface area contributed by atoms with E-state index in [1.807, 2.05) is 19.9 Å². The number of benzene rings is 1. The van der Waals surface area contributed by atoms with E-state index in [1.54, 1.807) is 20.1 Å². The Bertz CT molecular complexity index is 430. The summed E-state index contributed by atoms with van der Waals surface area (Å²) >= 11 is 0. The molecule has 1 rings (SSSR count). The van der Waals surface area contributed by atoms with E-state index in [4.69, 9.17) is 4.74 Å². The number of hydrogen-bond donors (Lipinski definition) is 1. The van der Waals surface area contributed by atoms with Gasteiger partial charge < -0.3 is 10.1 Å². The first-order chi connectivity index (χ1) is 8.37. The number of rotatable bonds is 6. The molecule has 0 aliphatic heterocycles. The molecule has 18 heavy (non-hydrogen) atoms. The van der Waals surface area contributed by atoms with E-state index in [1.165, 1.54) is 6.07 Å². The van der Waals surface area contributed by atoms with Gasteiger partial charge in [-0.3, -0.25) is 10.1 Å². The lowest BCUT2D eigenvalue weighted by molar-refractivity contribution is -0.385. The molecule has 0 radical (unpaired) electrons. The summed E-state index contributed by atoms with van der Waals surface area (Å²) in [5, 5.41) is 14.0. The topological polar surface area (TPSA) is 64.4 Å². The number of hydrogen-bond acceptors (Lipinski definition) is 4. The predicted octanol–water partition coefficient (Wildman–Crippen LogP) is 3.13. The van der Waals surface area contributed by atoms with Crippen molar-refractivity contribution in [2.24, 2.45) is 0 Å². The normalized spacial score (nSPS) is 11.3. The van der Waals surface area contributed by atoms with E-state index < -0.39 is 0 Å². The van der Waals surface area contributed by atoms with Gasteiger partial charge in [-0.25, -0.2) is 0 Å². The Labute approximate surface area is 107 Å². The molecule has 0 aliphatic rings. The molecule has 5 heteroatoms. The smallest absolute Gasteiger partial charge is 0.274 e. The molecule has 0 atom stereocenters. The molecule has 1 N–H and O–H groups in total. The molecule has 0 aromatic heterocycles. The fraction of sp³-hybridized carbons (Fsp3) is 0.538. The monoisotopic (exact) mass is 252 g/mol. The highest BCUT2D eigenvalue weighted by Gasteiger charge is 2.17. The lowest BCUT2D eigenvalue weighted by atomic mass is 10.1. The van der Waals surface area contributed by atoms with Crippen molar-refractivity contribution in [3.05, 3.63) is 33.9 Å². The minimum Gasteiger partial charge on any atom is -0.385 e. The van der Waals surface area contributed by atoms with Crippen molar-refractivity contribution in [2.45, 2.75) is 32.8 Å². The number of nitro groups is 1. The summed E-state index contributed by atoms with van der Waals surface area (Å²) in [4.78, 5) is 10.4. The number of nitrogens with one attached hydrogen (secondary N) is 1. The molecule has 1 aromatic rings. The molecule has 0 unspecified atom stereocenters. The molecule has 0 saturated carbocycles. The number of nitro benzene ring substituents is 1. The third-order valence-electron chi connectivity index (χ3n) is 3.10. The first-order valence-electron chi connectivity index (χ1n) is 5.90. The summed E-state index contributed by atoms with van der Waals surface area (Å²) in [6, 6.07) is 5.05. The van der Waals surface area contributed by atoms with Gasteiger partial charge in [0.2, 0.25) is 0 Å². The Morgan fingerprint density at radius 2 is 2.11 bits per heavy atom. The second kappa shape index (κ2) is 5.82. The lowest BCUT2D eigenvalue weighted by Crippen LogP contribution is -2.25. The zero-order valence-electron chi connectivity index (χ0n) is 11.3. The molecule has 5 nitrogen and oxygen atoms in total. The third-order valence-corrected chi connectivity index (χ3v) is 3.10. The molecular weight excluding hydrogens is 232 g/mol. The van der Waals surface area contributed by atoms with Gasteiger partial charge in [-0.05, 0) is 33.3 Å². The zero-order chi connectivity index (χ0) is 13.8. The van der Waals surface area contributed by atoms with Crippen LogP contribution in [0.2, 0.25) is 0 Å². The first kappa shape index (κ1) is 14.4. The van der Waals surface area contributed by atoms with Gasteiger partial charge in [0, 0.05) is 31.0 Å². The molecule has 0 spiro atoms. The van der Waals surface area contributed by atoms with E-state index in [0.29, 0.717) is 12.1 Å². The highest BCUT2D eigenvalue weighted by Crippen LogP contribution is 2.25. The summed E-state index contributed by atoms with van der Waals surface area (Å²) < 4.78 is 5.32. The van der Waals surface area contributed by atoms with Gasteiger partial charge in [-0.15, -0.1) is 0 Å². The van der Waals surface area contributed by atoms with Crippen LogP contribution >= 0.6 is 0 Å². The maximum Gasteiger partial charge on any atom is 0.274 e. The minimum atomic E-state index is -0.362. The van der Waals surface area contributed by atoms with E-state index in [-0.39, 0.29) is 16.2 Å². The van der Waals surface area contributed by atoms with Crippen LogP contribution in [0.25, 0.3) is 0 Å². The maximum absolute atomic E-state index is 10.8. The lowest BCUT2D eigenvalue weighted by Gasteiger charge is -2.23. The number of anilines is 1. The Kier molecular flexibility index (Phi) is 4.67. The third kappa shape index (κ3) is 3.70. The molecular formula is C13H20N2O3. The molecule has 0 aliphatic carbocycles. The quantitative estimate of drug-likeness (QED) is 0.624. The maximum atomic E-state index is 10.8. The van der Waals surface area contributed by atoms with E-state index in [9.17, 15) is 10.1 Å². The van der Waals surface area contributed by atoms with Crippen molar-refractivity contribution < 1.29 is 9.66 Å². The SMILES string of the molecule is COC(C)(C)CCNc1cccc([N+](=O)[O-])c1C. The van der Waals surface area contributed by atoms with Gasteiger partial charge in [0.15, 0.2) is 0 Å². The number of nitrogens with zero attached hydrogens (tertiary/aromatic N) is 1. The second-order valence-corrected chi connectivity index (χ2v) is 4.85. The van der Waals surface area contributed by atoms with Crippen molar-refractivity contribution in [1.29, 1.82) is 0 Å². The Morgan fingerprint density at radius 1 is 1.44 bits per heavy atom. The average Bonchev–Trinajstić information content (AvgIpc) is 2.31. The summed E-state index contributed by atoms with van der Waals surface area (Å²) in [7, 11) is 1.68. The van der Waals surface area contributed by atoms with Gasteiger partial charge in [0.05, 0.1) is 10.5 Å². The zero-order valence-corrected chi connectivity index (χ0v) is 11.3. The predicted molar refractivity (Wildman–Crippen MR) is 72.0 cm³/mol. The average molecular weight is 252 g/mol. The minimum absolute atomic E-state index is 0.144. The summed E-state index contributed by atoms with van der Waals surface area (Å²) in [6.45, 7) is 6.48. The van der Waals surface area contributed by atoms with Crippen LogP contribution in [0.4, 0.5) is 11.4 Å². The van der Waals surface area contributed by atoms with Crippen LogP contribution in [0.5, 0.6) is 0 Å². The van der Waals surface area contributed by atoms with E-state index >= 15 is 0 Å². The van der Waals surface area contributed by atoms with Crippen LogP contribution in [-0.4, -0.2) is 24.2 Å².